The number of thiophene rings is 1. The first-order valence-corrected chi connectivity index (χ1v) is 8.99. The molecule has 2 rings (SSSR count). The molecule has 0 saturated carbocycles. The van der Waals surface area contributed by atoms with Crippen molar-refractivity contribution < 1.29 is 23.9 Å². The lowest BCUT2D eigenvalue weighted by atomic mass is 10.2. The van der Waals surface area contributed by atoms with Crippen LogP contribution in [0.5, 0.6) is 0 Å². The number of benzene rings is 1. The van der Waals surface area contributed by atoms with Gasteiger partial charge in [-0.1, -0.05) is 29.8 Å². The molecule has 0 spiro atoms. The van der Waals surface area contributed by atoms with Crippen LogP contribution in [0.2, 0.25) is 5.02 Å². The van der Waals surface area contributed by atoms with Gasteiger partial charge in [0.2, 0.25) is 0 Å². The van der Waals surface area contributed by atoms with E-state index >= 15 is 0 Å². The van der Waals surface area contributed by atoms with Crippen molar-refractivity contribution in [3.8, 4) is 0 Å². The highest BCUT2D eigenvalue weighted by Crippen LogP contribution is 2.14. The molecule has 1 aromatic carbocycles. The molecule has 8 nitrogen and oxygen atoms in total. The molecule has 0 aliphatic rings. The molecule has 0 saturated heterocycles. The van der Waals surface area contributed by atoms with Crippen LogP contribution < -0.4 is 16.2 Å². The molecule has 0 aliphatic carbocycles. The van der Waals surface area contributed by atoms with Crippen LogP contribution in [0.15, 0.2) is 41.8 Å². The van der Waals surface area contributed by atoms with Gasteiger partial charge in [-0.2, -0.15) is 0 Å². The Balaban J connectivity index is 1.74. The Bertz CT molecular complexity index is 841. The van der Waals surface area contributed by atoms with E-state index in [0.717, 1.165) is 0 Å². The lowest BCUT2D eigenvalue weighted by molar-refractivity contribution is -0.150. The van der Waals surface area contributed by atoms with E-state index in [1.54, 1.807) is 35.7 Å². The number of carbonyl (C=O) groups excluding carboxylic acids is 4. The largest absolute Gasteiger partial charge is 0.454 e. The summed E-state index contributed by atoms with van der Waals surface area (Å²) in [6, 6.07) is 8.66. The van der Waals surface area contributed by atoms with Crippen LogP contribution >= 0.6 is 22.9 Å². The van der Waals surface area contributed by atoms with Gasteiger partial charge in [0, 0.05) is 0 Å². The smallest absolute Gasteiger partial charge is 0.328 e. The van der Waals surface area contributed by atoms with Crippen molar-refractivity contribution in [1.29, 1.82) is 0 Å². The average molecular weight is 410 g/mol. The van der Waals surface area contributed by atoms with Crippen LogP contribution in [0.25, 0.3) is 0 Å². The zero-order chi connectivity index (χ0) is 19.8. The zero-order valence-corrected chi connectivity index (χ0v) is 15.7. The molecule has 10 heteroatoms. The molecule has 0 fully saturated rings. The van der Waals surface area contributed by atoms with Gasteiger partial charge in [0.25, 0.3) is 17.7 Å². The van der Waals surface area contributed by atoms with E-state index in [1.165, 1.54) is 24.3 Å². The van der Waals surface area contributed by atoms with E-state index in [0.29, 0.717) is 4.88 Å². The van der Waals surface area contributed by atoms with Crippen LogP contribution in [0.3, 0.4) is 0 Å². The number of hydrogen-bond donors (Lipinski definition) is 3. The lowest BCUT2D eigenvalue weighted by Crippen LogP contribution is -2.45. The SMILES string of the molecule is C[C@H](NC(=O)c1ccccc1Cl)C(=O)OCC(=O)NNC(=O)c1cccs1. The molecule has 1 atom stereocenters. The number of carbonyl (C=O) groups is 4. The molecule has 0 aliphatic heterocycles. The third-order valence-corrected chi connectivity index (χ3v) is 4.42. The number of hydrogen-bond acceptors (Lipinski definition) is 6. The Morgan fingerprint density at radius 1 is 1.07 bits per heavy atom. The van der Waals surface area contributed by atoms with E-state index in [1.807, 2.05) is 0 Å². The lowest BCUT2D eigenvalue weighted by Gasteiger charge is -2.14. The van der Waals surface area contributed by atoms with Gasteiger partial charge in [-0.15, -0.1) is 11.3 Å². The van der Waals surface area contributed by atoms with Crippen LogP contribution in [0, 0.1) is 0 Å². The maximum atomic E-state index is 12.1. The highest BCUT2D eigenvalue weighted by molar-refractivity contribution is 7.12. The summed E-state index contributed by atoms with van der Waals surface area (Å²) < 4.78 is 4.81. The molecule has 142 valence electrons. The minimum Gasteiger partial charge on any atom is -0.454 e. The van der Waals surface area contributed by atoms with Crippen molar-refractivity contribution in [2.24, 2.45) is 0 Å². The zero-order valence-electron chi connectivity index (χ0n) is 14.2. The van der Waals surface area contributed by atoms with E-state index in [4.69, 9.17) is 16.3 Å². The summed E-state index contributed by atoms with van der Waals surface area (Å²) in [5.74, 6) is -2.56. The first-order valence-electron chi connectivity index (χ1n) is 7.73. The Morgan fingerprint density at radius 3 is 2.48 bits per heavy atom. The Hall–Kier alpha value is -2.91. The number of nitrogens with one attached hydrogen (secondary N) is 3. The van der Waals surface area contributed by atoms with Crippen LogP contribution in [0.1, 0.15) is 27.0 Å². The summed E-state index contributed by atoms with van der Waals surface area (Å²) in [5.41, 5.74) is 4.53. The normalized spacial score (nSPS) is 11.2. The number of esters is 1. The summed E-state index contributed by atoms with van der Waals surface area (Å²) in [4.78, 5) is 47.7. The van der Waals surface area contributed by atoms with Crippen molar-refractivity contribution in [2.45, 2.75) is 13.0 Å². The fourth-order valence-corrected chi connectivity index (χ4v) is 2.71. The highest BCUT2D eigenvalue weighted by Gasteiger charge is 2.20. The Labute approximate surface area is 163 Å². The Kier molecular flexibility index (Phi) is 7.33. The summed E-state index contributed by atoms with van der Waals surface area (Å²) in [5, 5.41) is 4.40. The van der Waals surface area contributed by atoms with Gasteiger partial charge in [-0.3, -0.25) is 25.2 Å². The second-order valence-corrected chi connectivity index (χ2v) is 6.62. The number of ether oxygens (including phenoxy) is 1. The summed E-state index contributed by atoms with van der Waals surface area (Å²) in [6.07, 6.45) is 0. The quantitative estimate of drug-likeness (QED) is 0.494. The molecule has 0 unspecified atom stereocenters. The summed E-state index contributed by atoms with van der Waals surface area (Å²) >= 11 is 7.13. The molecule has 0 bridgehead atoms. The summed E-state index contributed by atoms with van der Waals surface area (Å²) in [7, 11) is 0. The maximum absolute atomic E-state index is 12.1. The van der Waals surface area contributed by atoms with Crippen molar-refractivity contribution in [3.63, 3.8) is 0 Å². The van der Waals surface area contributed by atoms with E-state index in [2.05, 4.69) is 16.2 Å². The van der Waals surface area contributed by atoms with Gasteiger partial charge in [-0.05, 0) is 30.5 Å². The topological polar surface area (TPSA) is 114 Å². The van der Waals surface area contributed by atoms with Crippen LogP contribution in [-0.4, -0.2) is 36.3 Å². The van der Waals surface area contributed by atoms with E-state index in [9.17, 15) is 19.2 Å². The van der Waals surface area contributed by atoms with Crippen molar-refractivity contribution in [3.05, 3.63) is 57.2 Å². The van der Waals surface area contributed by atoms with Gasteiger partial charge in [-0.25, -0.2) is 4.79 Å². The number of rotatable bonds is 6. The third kappa shape index (κ3) is 6.08. The van der Waals surface area contributed by atoms with Crippen molar-refractivity contribution in [2.75, 3.05) is 6.61 Å². The first kappa shape index (κ1) is 20.4. The molecular formula is C17H16ClN3O5S. The second kappa shape index (κ2) is 9.70. The van der Waals surface area contributed by atoms with E-state index in [-0.39, 0.29) is 10.6 Å². The second-order valence-electron chi connectivity index (χ2n) is 5.26. The predicted molar refractivity (Wildman–Crippen MR) is 99.3 cm³/mol. The van der Waals surface area contributed by atoms with Crippen molar-refractivity contribution in [1.82, 2.24) is 16.2 Å². The molecule has 3 N–H and O–H groups in total. The van der Waals surface area contributed by atoms with Gasteiger partial charge in [0.15, 0.2) is 6.61 Å². The maximum Gasteiger partial charge on any atom is 0.328 e. The molecule has 1 aromatic heterocycles. The first-order chi connectivity index (χ1) is 12.9. The minimum atomic E-state index is -0.998. The average Bonchev–Trinajstić information content (AvgIpc) is 3.19. The summed E-state index contributed by atoms with van der Waals surface area (Å²) in [6.45, 7) is 0.795. The minimum absolute atomic E-state index is 0.216. The fourth-order valence-electron chi connectivity index (χ4n) is 1.87. The molecule has 1 heterocycles. The highest BCUT2D eigenvalue weighted by atomic mass is 35.5. The third-order valence-electron chi connectivity index (χ3n) is 3.23. The monoisotopic (exact) mass is 409 g/mol. The molecular weight excluding hydrogens is 394 g/mol. The molecule has 3 amide bonds. The number of hydrazine groups is 1. The van der Waals surface area contributed by atoms with Crippen LogP contribution in [-0.2, 0) is 14.3 Å². The Morgan fingerprint density at radius 2 is 1.81 bits per heavy atom. The molecule has 27 heavy (non-hydrogen) atoms. The number of amides is 3. The van der Waals surface area contributed by atoms with Gasteiger partial charge in [0.1, 0.15) is 6.04 Å². The van der Waals surface area contributed by atoms with Crippen molar-refractivity contribution >= 4 is 46.6 Å². The van der Waals surface area contributed by atoms with E-state index < -0.39 is 36.3 Å². The van der Waals surface area contributed by atoms with Gasteiger partial charge >= 0.3 is 5.97 Å². The van der Waals surface area contributed by atoms with Gasteiger partial charge < -0.3 is 10.1 Å². The predicted octanol–water partition coefficient (Wildman–Crippen LogP) is 1.52. The standard InChI is InChI=1S/C17H16ClN3O5S/c1-10(19-15(23)11-5-2-3-6-12(11)18)17(25)26-9-14(22)20-21-16(24)13-7-4-8-27-13/h2-8,10H,9H2,1H3,(H,19,23)(H,20,22)(H,21,24)/t10-/m0/s1. The van der Waals surface area contributed by atoms with Gasteiger partial charge in [0.05, 0.1) is 15.5 Å². The molecule has 2 aromatic rings. The number of halogens is 1. The van der Waals surface area contributed by atoms with Crippen LogP contribution in [0.4, 0.5) is 0 Å². The fraction of sp³-hybridized carbons (Fsp3) is 0.176. The molecule has 0 radical (unpaired) electrons.